The van der Waals surface area contributed by atoms with Crippen molar-refractivity contribution in [2.75, 3.05) is 6.54 Å². The van der Waals surface area contributed by atoms with Gasteiger partial charge in [-0.25, -0.2) is 9.59 Å². The second-order valence-corrected chi connectivity index (χ2v) is 4.86. The third kappa shape index (κ3) is 3.05. The van der Waals surface area contributed by atoms with E-state index in [-0.39, 0.29) is 13.0 Å². The lowest BCUT2D eigenvalue weighted by Gasteiger charge is -2.21. The molecule has 108 valence electrons. The molecule has 2 atom stereocenters. The largest absolute Gasteiger partial charge is 0.480 e. The molecular formula is C13H17N3O4. The highest BCUT2D eigenvalue weighted by Gasteiger charge is 2.38. The number of likely N-dealkylation sites (tertiary alicyclic amines) is 1. The summed E-state index contributed by atoms with van der Waals surface area (Å²) >= 11 is 0. The van der Waals surface area contributed by atoms with Gasteiger partial charge in [0.25, 0.3) is 0 Å². The maximum atomic E-state index is 12.0. The Kier molecular flexibility index (Phi) is 4.19. The summed E-state index contributed by atoms with van der Waals surface area (Å²) in [4.78, 5) is 28.2. The minimum atomic E-state index is -1.10. The van der Waals surface area contributed by atoms with Gasteiger partial charge in [-0.2, -0.15) is 0 Å². The van der Waals surface area contributed by atoms with E-state index in [1.54, 1.807) is 18.5 Å². The Balaban J connectivity index is 1.98. The topological polar surface area (TPSA) is 103 Å². The highest BCUT2D eigenvalue weighted by molar-refractivity contribution is 5.83. The fraction of sp³-hybridized carbons (Fsp3) is 0.462. The predicted molar refractivity (Wildman–Crippen MR) is 70.0 cm³/mol. The number of hydrogen-bond acceptors (Lipinski definition) is 4. The summed E-state index contributed by atoms with van der Waals surface area (Å²) < 4.78 is 0. The van der Waals surface area contributed by atoms with E-state index in [0.29, 0.717) is 6.54 Å². The van der Waals surface area contributed by atoms with Crippen molar-refractivity contribution in [1.82, 2.24) is 15.2 Å². The number of aryl methyl sites for hydroxylation is 1. The number of carbonyl (C=O) groups excluding carboxylic acids is 1. The lowest BCUT2D eigenvalue weighted by Crippen LogP contribution is -2.46. The van der Waals surface area contributed by atoms with Crippen LogP contribution in [0.25, 0.3) is 0 Å². The number of carboxylic acids is 1. The maximum Gasteiger partial charge on any atom is 0.326 e. The van der Waals surface area contributed by atoms with Crippen LogP contribution >= 0.6 is 0 Å². The number of aliphatic hydroxyl groups is 1. The second-order valence-electron chi connectivity index (χ2n) is 4.86. The highest BCUT2D eigenvalue weighted by Crippen LogP contribution is 2.18. The standard InChI is InChI=1S/C13H17N3O4/c1-8-5-14-3-2-9(8)6-15-13(20)16-7-10(17)4-11(16)12(18)19/h2-3,5,10-11,17H,4,6-7H2,1H3,(H,15,20)(H,18,19)/t10?,11-/m0/s1. The number of aliphatic carboxylic acids is 1. The number of aliphatic hydroxyl groups excluding tert-OH is 1. The monoisotopic (exact) mass is 279 g/mol. The molecule has 2 amide bonds. The molecule has 0 aromatic carbocycles. The molecule has 1 aliphatic heterocycles. The van der Waals surface area contributed by atoms with Gasteiger partial charge in [-0.15, -0.1) is 0 Å². The third-order valence-electron chi connectivity index (χ3n) is 3.39. The van der Waals surface area contributed by atoms with Crippen molar-refractivity contribution in [3.8, 4) is 0 Å². The van der Waals surface area contributed by atoms with Crippen molar-refractivity contribution in [2.24, 2.45) is 0 Å². The molecule has 1 aromatic rings. The van der Waals surface area contributed by atoms with E-state index in [1.165, 1.54) is 0 Å². The molecule has 7 heteroatoms. The van der Waals surface area contributed by atoms with Gasteiger partial charge in [0.15, 0.2) is 0 Å². The smallest absolute Gasteiger partial charge is 0.326 e. The molecule has 0 spiro atoms. The third-order valence-corrected chi connectivity index (χ3v) is 3.39. The number of hydrogen-bond donors (Lipinski definition) is 3. The van der Waals surface area contributed by atoms with E-state index in [1.807, 2.05) is 6.92 Å². The molecule has 20 heavy (non-hydrogen) atoms. The zero-order chi connectivity index (χ0) is 14.7. The molecule has 1 saturated heterocycles. The average Bonchev–Trinajstić information content (AvgIpc) is 2.80. The number of rotatable bonds is 3. The molecule has 1 aromatic heterocycles. The first kappa shape index (κ1) is 14.3. The fourth-order valence-corrected chi connectivity index (χ4v) is 2.25. The molecule has 3 N–H and O–H groups in total. The second kappa shape index (κ2) is 5.87. The molecule has 2 rings (SSSR count). The Bertz CT molecular complexity index is 520. The summed E-state index contributed by atoms with van der Waals surface area (Å²) in [7, 11) is 0. The lowest BCUT2D eigenvalue weighted by atomic mass is 10.1. The Labute approximate surface area is 116 Å². The minimum absolute atomic E-state index is 0.0398. The van der Waals surface area contributed by atoms with Gasteiger partial charge in [-0.05, 0) is 24.1 Å². The van der Waals surface area contributed by atoms with Gasteiger partial charge >= 0.3 is 12.0 Å². The van der Waals surface area contributed by atoms with Crippen LogP contribution in [0.3, 0.4) is 0 Å². The van der Waals surface area contributed by atoms with Crippen molar-refractivity contribution in [3.63, 3.8) is 0 Å². The molecule has 2 heterocycles. The van der Waals surface area contributed by atoms with Crippen LogP contribution in [-0.2, 0) is 11.3 Å². The van der Waals surface area contributed by atoms with Crippen LogP contribution in [0, 0.1) is 6.92 Å². The van der Waals surface area contributed by atoms with E-state index in [0.717, 1.165) is 16.0 Å². The van der Waals surface area contributed by atoms with Gasteiger partial charge in [0.1, 0.15) is 6.04 Å². The molecule has 0 radical (unpaired) electrons. The first-order chi connectivity index (χ1) is 9.49. The van der Waals surface area contributed by atoms with E-state index in [4.69, 9.17) is 5.11 Å². The Hall–Kier alpha value is -2.15. The van der Waals surface area contributed by atoms with Crippen molar-refractivity contribution in [3.05, 3.63) is 29.6 Å². The minimum Gasteiger partial charge on any atom is -0.480 e. The normalized spacial score (nSPS) is 21.8. The molecule has 0 bridgehead atoms. The van der Waals surface area contributed by atoms with Crippen LogP contribution in [0.1, 0.15) is 17.5 Å². The van der Waals surface area contributed by atoms with E-state index >= 15 is 0 Å². The van der Waals surface area contributed by atoms with Crippen LogP contribution in [-0.4, -0.2) is 50.8 Å². The molecule has 0 aliphatic carbocycles. The SMILES string of the molecule is Cc1cnccc1CNC(=O)N1CC(O)C[C@H]1C(=O)O. The van der Waals surface area contributed by atoms with Crippen molar-refractivity contribution < 1.29 is 19.8 Å². The number of nitrogens with one attached hydrogen (secondary N) is 1. The molecule has 1 aliphatic rings. The number of pyridine rings is 1. The van der Waals surface area contributed by atoms with Crippen LogP contribution in [0.4, 0.5) is 4.79 Å². The summed E-state index contributed by atoms with van der Waals surface area (Å²) in [5.41, 5.74) is 1.86. The van der Waals surface area contributed by atoms with Crippen molar-refractivity contribution >= 4 is 12.0 Å². The molecule has 0 saturated carbocycles. The number of carboxylic acid groups (broad SMARTS) is 1. The van der Waals surface area contributed by atoms with E-state index in [9.17, 15) is 14.7 Å². The van der Waals surface area contributed by atoms with Crippen molar-refractivity contribution in [1.29, 1.82) is 0 Å². The molecule has 1 unspecified atom stereocenters. The summed E-state index contributed by atoms with van der Waals surface area (Å²) in [5, 5.41) is 21.2. The first-order valence-corrected chi connectivity index (χ1v) is 6.34. The van der Waals surface area contributed by atoms with Gasteiger partial charge in [-0.1, -0.05) is 0 Å². The average molecular weight is 279 g/mol. The van der Waals surface area contributed by atoms with Crippen LogP contribution < -0.4 is 5.32 Å². The summed E-state index contributed by atoms with van der Waals surface area (Å²) in [6, 6.07) is 0.344. The van der Waals surface area contributed by atoms with Gasteiger partial charge in [0, 0.05) is 31.9 Å². The van der Waals surface area contributed by atoms with Gasteiger partial charge in [0.2, 0.25) is 0 Å². The summed E-state index contributed by atoms with van der Waals surface area (Å²) in [5.74, 6) is -1.10. The van der Waals surface area contributed by atoms with Crippen molar-refractivity contribution in [2.45, 2.75) is 32.0 Å². The summed E-state index contributed by atoms with van der Waals surface area (Å²) in [6.07, 6.45) is 2.61. The Morgan fingerprint density at radius 3 is 2.95 bits per heavy atom. The molecule has 1 fully saturated rings. The van der Waals surface area contributed by atoms with E-state index < -0.39 is 24.1 Å². The number of urea groups is 1. The Morgan fingerprint density at radius 2 is 2.30 bits per heavy atom. The van der Waals surface area contributed by atoms with Gasteiger partial charge < -0.3 is 20.4 Å². The predicted octanol–water partition coefficient (Wildman–Crippen LogP) is 0.119. The molecular weight excluding hydrogens is 262 g/mol. The summed E-state index contributed by atoms with van der Waals surface area (Å²) in [6.45, 7) is 2.22. The lowest BCUT2D eigenvalue weighted by molar-refractivity contribution is -0.141. The quantitative estimate of drug-likeness (QED) is 0.729. The van der Waals surface area contributed by atoms with Crippen LogP contribution in [0.5, 0.6) is 0 Å². The number of β-amino-alcohol motifs (C(OH)–C–C–N with tert-alkyl or cyclic N) is 1. The highest BCUT2D eigenvalue weighted by atomic mass is 16.4. The van der Waals surface area contributed by atoms with E-state index in [2.05, 4.69) is 10.3 Å². The van der Waals surface area contributed by atoms with Gasteiger partial charge in [-0.3, -0.25) is 4.98 Å². The van der Waals surface area contributed by atoms with Gasteiger partial charge in [0.05, 0.1) is 6.10 Å². The number of carbonyl (C=O) groups is 2. The zero-order valence-electron chi connectivity index (χ0n) is 11.1. The van der Waals surface area contributed by atoms with Crippen LogP contribution in [0.2, 0.25) is 0 Å². The fourth-order valence-electron chi connectivity index (χ4n) is 2.25. The maximum absolute atomic E-state index is 12.0. The Morgan fingerprint density at radius 1 is 1.55 bits per heavy atom. The number of amides is 2. The number of aromatic nitrogens is 1. The molecule has 7 nitrogen and oxygen atoms in total. The zero-order valence-corrected chi connectivity index (χ0v) is 11.1. The van der Waals surface area contributed by atoms with Crippen LogP contribution in [0.15, 0.2) is 18.5 Å². The number of nitrogens with zero attached hydrogens (tertiary/aromatic N) is 2. The first-order valence-electron chi connectivity index (χ1n) is 6.34.